The summed E-state index contributed by atoms with van der Waals surface area (Å²) in [4.78, 5) is 8.66. The number of para-hydroxylation sites is 1. The maximum atomic E-state index is 5.66. The molecule has 0 bridgehead atoms. The van der Waals surface area contributed by atoms with E-state index < -0.39 is 0 Å². The van der Waals surface area contributed by atoms with Gasteiger partial charge in [-0.25, -0.2) is 4.98 Å². The van der Waals surface area contributed by atoms with Gasteiger partial charge in [0.15, 0.2) is 0 Å². The lowest BCUT2D eigenvalue weighted by molar-refractivity contribution is 0.358. The van der Waals surface area contributed by atoms with Crippen LogP contribution in [-0.2, 0) is 6.42 Å². The molecule has 4 heteroatoms. The van der Waals surface area contributed by atoms with E-state index in [-0.39, 0.29) is 0 Å². The maximum absolute atomic E-state index is 5.66. The molecule has 1 aromatic carbocycles. The van der Waals surface area contributed by atoms with Crippen molar-refractivity contribution in [3.8, 4) is 17.0 Å². The van der Waals surface area contributed by atoms with Crippen LogP contribution in [0.1, 0.15) is 5.56 Å². The zero-order valence-electron chi connectivity index (χ0n) is 9.60. The Balaban J connectivity index is 2.06. The average Bonchev–Trinajstić information content (AvgIpc) is 2.87. The zero-order chi connectivity index (χ0) is 11.7. The molecule has 1 N–H and O–H groups in total. The van der Waals surface area contributed by atoms with Crippen molar-refractivity contribution in [3.63, 3.8) is 0 Å². The summed E-state index contributed by atoms with van der Waals surface area (Å²) in [5.74, 6) is 1.72. The van der Waals surface area contributed by atoms with Crippen molar-refractivity contribution in [3.05, 3.63) is 36.2 Å². The fourth-order valence-electron chi connectivity index (χ4n) is 2.01. The van der Waals surface area contributed by atoms with Crippen molar-refractivity contribution in [2.24, 2.45) is 0 Å². The summed E-state index contributed by atoms with van der Waals surface area (Å²) in [6.45, 7) is 0.758. The molecule has 0 amide bonds. The first-order valence-corrected chi connectivity index (χ1v) is 5.63. The third-order valence-electron chi connectivity index (χ3n) is 2.90. The van der Waals surface area contributed by atoms with Crippen LogP contribution >= 0.6 is 0 Å². The summed E-state index contributed by atoms with van der Waals surface area (Å²) in [6.07, 6.45) is 4.47. The number of anilines is 1. The van der Waals surface area contributed by atoms with Crippen molar-refractivity contribution >= 4 is 5.82 Å². The van der Waals surface area contributed by atoms with Crippen LogP contribution in [0.2, 0.25) is 0 Å². The summed E-state index contributed by atoms with van der Waals surface area (Å²) in [5, 5.41) is 2.95. The van der Waals surface area contributed by atoms with Crippen LogP contribution in [0.15, 0.2) is 30.6 Å². The van der Waals surface area contributed by atoms with Crippen LogP contribution < -0.4 is 10.1 Å². The summed E-state index contributed by atoms with van der Waals surface area (Å²) in [7, 11) is 1.83. The zero-order valence-corrected chi connectivity index (χ0v) is 9.60. The predicted octanol–water partition coefficient (Wildman–Crippen LogP) is 2.12. The minimum atomic E-state index is 0.758. The second-order valence-corrected chi connectivity index (χ2v) is 3.93. The lowest BCUT2D eigenvalue weighted by atomic mass is 10.1. The van der Waals surface area contributed by atoms with Crippen LogP contribution in [-0.4, -0.2) is 23.6 Å². The quantitative estimate of drug-likeness (QED) is 0.853. The molecule has 4 nitrogen and oxygen atoms in total. The first-order valence-electron chi connectivity index (χ1n) is 5.63. The van der Waals surface area contributed by atoms with E-state index in [1.807, 2.05) is 19.2 Å². The highest BCUT2D eigenvalue weighted by molar-refractivity contribution is 5.69. The van der Waals surface area contributed by atoms with Crippen LogP contribution in [0, 0.1) is 0 Å². The molecule has 17 heavy (non-hydrogen) atoms. The van der Waals surface area contributed by atoms with Gasteiger partial charge < -0.3 is 10.1 Å². The van der Waals surface area contributed by atoms with E-state index >= 15 is 0 Å². The first kappa shape index (κ1) is 10.1. The predicted molar refractivity (Wildman–Crippen MR) is 66.2 cm³/mol. The lowest BCUT2D eigenvalue weighted by Crippen LogP contribution is -1.95. The second-order valence-electron chi connectivity index (χ2n) is 3.93. The normalized spacial score (nSPS) is 13.0. The Morgan fingerprint density at radius 1 is 1.24 bits per heavy atom. The van der Waals surface area contributed by atoms with Crippen LogP contribution in [0.3, 0.4) is 0 Å². The van der Waals surface area contributed by atoms with Gasteiger partial charge in [-0.3, -0.25) is 4.98 Å². The monoisotopic (exact) mass is 227 g/mol. The van der Waals surface area contributed by atoms with E-state index in [2.05, 4.69) is 21.4 Å². The van der Waals surface area contributed by atoms with Crippen molar-refractivity contribution in [1.82, 2.24) is 9.97 Å². The van der Waals surface area contributed by atoms with E-state index in [1.54, 1.807) is 12.4 Å². The highest BCUT2D eigenvalue weighted by Crippen LogP contribution is 2.35. The average molecular weight is 227 g/mol. The standard InChI is InChI=1S/C13H13N3O/c1-14-12-8-15-11(7-16-12)10-4-2-3-9-5-6-17-13(9)10/h2-4,7-8H,5-6H2,1H3,(H,14,16). The van der Waals surface area contributed by atoms with Gasteiger partial charge in [-0.2, -0.15) is 0 Å². The highest BCUT2D eigenvalue weighted by atomic mass is 16.5. The molecule has 0 unspecified atom stereocenters. The molecule has 2 heterocycles. The highest BCUT2D eigenvalue weighted by Gasteiger charge is 2.17. The third kappa shape index (κ3) is 1.71. The van der Waals surface area contributed by atoms with Crippen molar-refractivity contribution < 1.29 is 4.74 Å². The van der Waals surface area contributed by atoms with E-state index in [4.69, 9.17) is 4.74 Å². The molecule has 1 aliphatic heterocycles. The Hall–Kier alpha value is -2.10. The molecule has 0 fully saturated rings. The molecule has 0 radical (unpaired) electrons. The molecule has 0 spiro atoms. The minimum Gasteiger partial charge on any atom is -0.492 e. The topological polar surface area (TPSA) is 47.0 Å². The number of hydrogen-bond donors (Lipinski definition) is 1. The molecular weight excluding hydrogens is 214 g/mol. The minimum absolute atomic E-state index is 0.758. The number of hydrogen-bond acceptors (Lipinski definition) is 4. The molecule has 1 aromatic heterocycles. The van der Waals surface area contributed by atoms with Gasteiger partial charge in [0.05, 0.1) is 24.7 Å². The maximum Gasteiger partial charge on any atom is 0.144 e. The number of ether oxygens (including phenoxy) is 1. The van der Waals surface area contributed by atoms with Gasteiger partial charge in [0.25, 0.3) is 0 Å². The molecule has 0 atom stereocenters. The third-order valence-corrected chi connectivity index (χ3v) is 2.90. The summed E-state index contributed by atoms with van der Waals surface area (Å²) >= 11 is 0. The van der Waals surface area contributed by atoms with Crippen LogP contribution in [0.5, 0.6) is 5.75 Å². The van der Waals surface area contributed by atoms with Crippen molar-refractivity contribution in [1.29, 1.82) is 0 Å². The molecule has 86 valence electrons. The summed E-state index contributed by atoms with van der Waals surface area (Å²) in [6, 6.07) is 6.16. The van der Waals surface area contributed by atoms with Gasteiger partial charge >= 0.3 is 0 Å². The molecular formula is C13H13N3O. The molecule has 1 aliphatic rings. The Labute approximate surface area is 99.7 Å². The van der Waals surface area contributed by atoms with E-state index in [0.717, 1.165) is 35.9 Å². The van der Waals surface area contributed by atoms with Crippen LogP contribution in [0.4, 0.5) is 5.82 Å². The Kier molecular flexibility index (Phi) is 2.40. The van der Waals surface area contributed by atoms with Gasteiger partial charge in [-0.1, -0.05) is 12.1 Å². The second kappa shape index (κ2) is 4.05. The summed E-state index contributed by atoms with van der Waals surface area (Å²) in [5.41, 5.74) is 3.12. The number of benzene rings is 1. The van der Waals surface area contributed by atoms with E-state index in [1.165, 1.54) is 5.56 Å². The number of nitrogens with zero attached hydrogens (tertiary/aromatic N) is 2. The molecule has 3 rings (SSSR count). The molecule has 0 aliphatic carbocycles. The number of aromatic nitrogens is 2. The smallest absolute Gasteiger partial charge is 0.144 e. The van der Waals surface area contributed by atoms with Gasteiger partial charge in [0, 0.05) is 19.0 Å². The lowest BCUT2D eigenvalue weighted by Gasteiger charge is -2.07. The van der Waals surface area contributed by atoms with E-state index in [0.29, 0.717) is 0 Å². The molecule has 0 saturated heterocycles. The fourth-order valence-corrected chi connectivity index (χ4v) is 2.01. The van der Waals surface area contributed by atoms with Crippen molar-refractivity contribution in [2.45, 2.75) is 6.42 Å². The molecule has 0 saturated carbocycles. The SMILES string of the molecule is CNc1cnc(-c2cccc3c2OCC3)cn1. The Morgan fingerprint density at radius 2 is 2.18 bits per heavy atom. The molecule has 2 aromatic rings. The van der Waals surface area contributed by atoms with Crippen molar-refractivity contribution in [2.75, 3.05) is 19.0 Å². The Morgan fingerprint density at radius 3 is 2.94 bits per heavy atom. The van der Waals surface area contributed by atoms with E-state index in [9.17, 15) is 0 Å². The fraction of sp³-hybridized carbons (Fsp3) is 0.231. The van der Waals surface area contributed by atoms with Gasteiger partial charge in [-0.05, 0) is 11.6 Å². The number of fused-ring (bicyclic) bond motifs is 1. The van der Waals surface area contributed by atoms with Crippen LogP contribution in [0.25, 0.3) is 11.3 Å². The van der Waals surface area contributed by atoms with Gasteiger partial charge in [0.2, 0.25) is 0 Å². The first-order chi connectivity index (χ1) is 8.38. The number of rotatable bonds is 2. The number of nitrogens with one attached hydrogen (secondary N) is 1. The largest absolute Gasteiger partial charge is 0.492 e. The van der Waals surface area contributed by atoms with Gasteiger partial charge in [-0.15, -0.1) is 0 Å². The Bertz CT molecular complexity index is 537. The van der Waals surface area contributed by atoms with Gasteiger partial charge in [0.1, 0.15) is 11.6 Å². The summed E-state index contributed by atoms with van der Waals surface area (Å²) < 4.78 is 5.66.